The molecule has 7 nitrogen and oxygen atoms in total. The third kappa shape index (κ3) is 4.38. The van der Waals surface area contributed by atoms with Gasteiger partial charge in [-0.1, -0.05) is 23.7 Å². The number of nitrogens with one attached hydrogen (secondary N) is 1. The van der Waals surface area contributed by atoms with Gasteiger partial charge < -0.3 is 10.4 Å². The average Bonchev–Trinajstić information content (AvgIpc) is 3.03. The van der Waals surface area contributed by atoms with Crippen LogP contribution < -0.4 is 5.32 Å². The highest BCUT2D eigenvalue weighted by Crippen LogP contribution is 2.26. The number of hydrogen-bond donors (Lipinski definition) is 2. The number of nitrogens with zero attached hydrogens (tertiary/aromatic N) is 4. The van der Waals surface area contributed by atoms with Gasteiger partial charge in [0.05, 0.1) is 29.1 Å². The quantitative estimate of drug-likeness (QED) is 0.728. The molecule has 2 aromatic rings. The molecule has 9 heteroatoms. The molecule has 1 aliphatic rings. The molecule has 1 saturated carbocycles. The Kier molecular flexibility index (Phi) is 5.85. The van der Waals surface area contributed by atoms with Crippen LogP contribution in [0.15, 0.2) is 24.4 Å². The maximum Gasteiger partial charge on any atom is 0.317 e. The molecule has 0 saturated heterocycles. The lowest BCUT2D eigenvalue weighted by molar-refractivity contribution is -0.139. The molecule has 0 spiro atoms. The first kappa shape index (κ1) is 18.8. The Bertz CT molecular complexity index is 778. The van der Waals surface area contributed by atoms with E-state index in [0.29, 0.717) is 24.3 Å². The summed E-state index contributed by atoms with van der Waals surface area (Å²) >= 11 is 5.79. The number of aliphatic carboxylic acids is 1. The van der Waals surface area contributed by atoms with Crippen molar-refractivity contribution in [3.8, 4) is 5.69 Å². The molecule has 26 heavy (non-hydrogen) atoms. The maximum absolute atomic E-state index is 13.2. The number of benzene rings is 1. The molecule has 2 N–H and O–H groups in total. The Hall–Kier alpha value is -2.03. The number of carboxylic acids is 1. The van der Waals surface area contributed by atoms with Crippen LogP contribution in [0.4, 0.5) is 4.39 Å². The highest BCUT2D eigenvalue weighted by atomic mass is 35.5. The van der Waals surface area contributed by atoms with Gasteiger partial charge in [-0.15, -0.1) is 5.10 Å². The van der Waals surface area contributed by atoms with Gasteiger partial charge in [-0.2, -0.15) is 0 Å². The Morgan fingerprint density at radius 3 is 2.92 bits per heavy atom. The van der Waals surface area contributed by atoms with E-state index in [9.17, 15) is 9.18 Å². The Balaban J connectivity index is 1.49. The summed E-state index contributed by atoms with van der Waals surface area (Å²) in [6, 6.07) is 5.04. The van der Waals surface area contributed by atoms with Crippen LogP contribution >= 0.6 is 11.6 Å². The van der Waals surface area contributed by atoms with Crippen LogP contribution in [-0.2, 0) is 11.3 Å². The zero-order chi connectivity index (χ0) is 18.7. The monoisotopic (exact) mass is 381 g/mol. The molecule has 1 aromatic heterocycles. The average molecular weight is 382 g/mol. The fraction of sp³-hybridized carbons (Fsp3) is 0.471. The van der Waals surface area contributed by atoms with Crippen LogP contribution in [0.1, 0.15) is 25.5 Å². The lowest BCUT2D eigenvalue weighted by Gasteiger charge is -2.42. The normalized spacial score (nSPS) is 19.5. The van der Waals surface area contributed by atoms with E-state index >= 15 is 0 Å². The van der Waals surface area contributed by atoms with Crippen molar-refractivity contribution in [1.82, 2.24) is 25.2 Å². The van der Waals surface area contributed by atoms with Crippen molar-refractivity contribution >= 4 is 17.6 Å². The second kappa shape index (κ2) is 8.11. The van der Waals surface area contributed by atoms with Crippen LogP contribution in [0.25, 0.3) is 5.69 Å². The number of carboxylic acid groups (broad SMARTS) is 1. The van der Waals surface area contributed by atoms with Crippen molar-refractivity contribution in [2.24, 2.45) is 0 Å². The molecule has 0 atom stereocenters. The summed E-state index contributed by atoms with van der Waals surface area (Å²) in [6.45, 7) is 3.36. The second-order valence-electron chi connectivity index (χ2n) is 6.41. The lowest BCUT2D eigenvalue weighted by Crippen LogP contribution is -2.53. The molecule has 0 unspecified atom stereocenters. The molecule has 1 heterocycles. The van der Waals surface area contributed by atoms with Gasteiger partial charge in [0.15, 0.2) is 0 Å². The van der Waals surface area contributed by atoms with E-state index in [4.69, 9.17) is 16.7 Å². The van der Waals surface area contributed by atoms with Gasteiger partial charge >= 0.3 is 5.97 Å². The second-order valence-corrected chi connectivity index (χ2v) is 6.82. The van der Waals surface area contributed by atoms with Gasteiger partial charge in [0.25, 0.3) is 0 Å². The highest BCUT2D eigenvalue weighted by molar-refractivity contribution is 6.30. The summed E-state index contributed by atoms with van der Waals surface area (Å²) < 4.78 is 14.8. The number of rotatable bonds is 8. The SMILES string of the molecule is CCN(CC(=O)O)C1CC(NCc2cn(-c3ccc(F)c(Cl)c3)nn2)C1. The number of hydrogen-bond acceptors (Lipinski definition) is 5. The predicted molar refractivity (Wildman–Crippen MR) is 94.9 cm³/mol. The van der Waals surface area contributed by atoms with E-state index in [2.05, 4.69) is 15.6 Å². The van der Waals surface area contributed by atoms with Crippen molar-refractivity contribution in [2.75, 3.05) is 13.1 Å². The van der Waals surface area contributed by atoms with Gasteiger partial charge in [0.1, 0.15) is 5.82 Å². The number of aromatic nitrogens is 3. The van der Waals surface area contributed by atoms with E-state index in [0.717, 1.165) is 25.1 Å². The van der Waals surface area contributed by atoms with E-state index in [-0.39, 0.29) is 11.6 Å². The maximum atomic E-state index is 13.2. The standard InChI is InChI=1S/C17H21ClFN5O2/c1-2-23(10-17(25)26)14-5-11(6-14)20-8-12-9-24(22-21-12)13-3-4-16(19)15(18)7-13/h3-4,7,9,11,14,20H,2,5-6,8,10H2,1H3,(H,25,26). The Morgan fingerprint density at radius 2 is 2.27 bits per heavy atom. The molecule has 0 bridgehead atoms. The zero-order valence-electron chi connectivity index (χ0n) is 14.4. The fourth-order valence-electron chi connectivity index (χ4n) is 3.11. The summed E-state index contributed by atoms with van der Waals surface area (Å²) in [7, 11) is 0. The smallest absolute Gasteiger partial charge is 0.317 e. The lowest BCUT2D eigenvalue weighted by atomic mass is 9.85. The van der Waals surface area contributed by atoms with E-state index < -0.39 is 11.8 Å². The van der Waals surface area contributed by atoms with Crippen LogP contribution in [0.3, 0.4) is 0 Å². The Labute approximate surface area is 155 Å². The molecule has 1 fully saturated rings. The van der Waals surface area contributed by atoms with Gasteiger partial charge in [0.2, 0.25) is 0 Å². The minimum atomic E-state index is -0.791. The summed E-state index contributed by atoms with van der Waals surface area (Å²) in [5.74, 6) is -1.26. The number of likely N-dealkylation sites (N-methyl/N-ethyl adjacent to an activating group) is 1. The third-order valence-corrected chi connectivity index (χ3v) is 4.94. The number of halogens is 2. The van der Waals surface area contributed by atoms with Crippen LogP contribution in [0.2, 0.25) is 5.02 Å². The fourth-order valence-corrected chi connectivity index (χ4v) is 3.28. The first-order valence-electron chi connectivity index (χ1n) is 8.52. The highest BCUT2D eigenvalue weighted by Gasteiger charge is 2.33. The number of carbonyl (C=O) groups is 1. The Morgan fingerprint density at radius 1 is 1.50 bits per heavy atom. The van der Waals surface area contributed by atoms with Crippen LogP contribution in [0, 0.1) is 5.82 Å². The molecule has 0 radical (unpaired) electrons. The van der Waals surface area contributed by atoms with Crippen LogP contribution in [0.5, 0.6) is 0 Å². The van der Waals surface area contributed by atoms with Gasteiger partial charge in [0, 0.05) is 18.6 Å². The minimum absolute atomic E-state index is 0.0417. The molecular formula is C17H21ClFN5O2. The van der Waals surface area contributed by atoms with Crippen molar-refractivity contribution in [3.63, 3.8) is 0 Å². The molecule has 140 valence electrons. The first-order chi connectivity index (χ1) is 12.5. The molecule has 1 aliphatic carbocycles. The molecule has 0 amide bonds. The van der Waals surface area contributed by atoms with Crippen molar-refractivity contribution < 1.29 is 14.3 Å². The van der Waals surface area contributed by atoms with Crippen LogP contribution in [-0.4, -0.2) is 56.1 Å². The summed E-state index contributed by atoms with van der Waals surface area (Å²) in [6.07, 6.45) is 3.61. The zero-order valence-corrected chi connectivity index (χ0v) is 15.2. The molecule has 0 aliphatic heterocycles. The van der Waals surface area contributed by atoms with Gasteiger partial charge in [-0.05, 0) is 37.6 Å². The van der Waals surface area contributed by atoms with Gasteiger partial charge in [-0.25, -0.2) is 9.07 Å². The van der Waals surface area contributed by atoms with Gasteiger partial charge in [-0.3, -0.25) is 9.69 Å². The van der Waals surface area contributed by atoms with Crippen molar-refractivity contribution in [3.05, 3.63) is 40.9 Å². The largest absolute Gasteiger partial charge is 0.480 e. The molecule has 1 aromatic carbocycles. The first-order valence-corrected chi connectivity index (χ1v) is 8.90. The summed E-state index contributed by atoms with van der Waals surface area (Å²) in [5, 5.41) is 20.5. The van der Waals surface area contributed by atoms with E-state index in [1.807, 2.05) is 11.8 Å². The van der Waals surface area contributed by atoms with Crippen molar-refractivity contribution in [1.29, 1.82) is 0 Å². The topological polar surface area (TPSA) is 83.3 Å². The predicted octanol–water partition coefficient (Wildman–Crippen LogP) is 2.09. The van der Waals surface area contributed by atoms with E-state index in [1.54, 1.807) is 16.9 Å². The third-order valence-electron chi connectivity index (χ3n) is 4.65. The molecule has 3 rings (SSSR count). The van der Waals surface area contributed by atoms with E-state index in [1.165, 1.54) is 12.1 Å². The van der Waals surface area contributed by atoms with Crippen molar-refractivity contribution in [2.45, 2.75) is 38.4 Å². The summed E-state index contributed by atoms with van der Waals surface area (Å²) in [5.41, 5.74) is 1.41. The summed E-state index contributed by atoms with van der Waals surface area (Å²) in [4.78, 5) is 12.8. The molecular weight excluding hydrogens is 361 g/mol. The minimum Gasteiger partial charge on any atom is -0.480 e.